The second-order valence-corrected chi connectivity index (χ2v) is 6.25. The fourth-order valence-electron chi connectivity index (χ4n) is 2.94. The van der Waals surface area contributed by atoms with E-state index in [1.54, 1.807) is 6.07 Å². The maximum Gasteiger partial charge on any atom is 0.416 e. The van der Waals surface area contributed by atoms with Crippen LogP contribution < -0.4 is 11.3 Å². The molecule has 112 valence electrons. The molecule has 6 heteroatoms. The van der Waals surface area contributed by atoms with Crippen molar-refractivity contribution in [2.24, 2.45) is 11.8 Å². The number of hydrogen-bond donors (Lipinski definition) is 2. The number of hydrogen-bond acceptors (Lipinski definition) is 2. The highest BCUT2D eigenvalue weighted by Gasteiger charge is 2.36. The minimum absolute atomic E-state index is 0.232. The van der Waals surface area contributed by atoms with Gasteiger partial charge in [-0.25, -0.2) is 0 Å². The van der Waals surface area contributed by atoms with E-state index in [0.29, 0.717) is 16.8 Å². The summed E-state index contributed by atoms with van der Waals surface area (Å²) < 4.78 is 39.9. The molecule has 0 heterocycles. The van der Waals surface area contributed by atoms with Crippen LogP contribution in [-0.2, 0) is 6.18 Å². The van der Waals surface area contributed by atoms with E-state index < -0.39 is 17.8 Å². The van der Waals surface area contributed by atoms with Gasteiger partial charge in [-0.15, -0.1) is 0 Å². The van der Waals surface area contributed by atoms with Gasteiger partial charge in [0.1, 0.15) is 0 Å². The quantitative estimate of drug-likeness (QED) is 0.617. The molecule has 1 saturated carbocycles. The topological polar surface area (TPSA) is 38.0 Å². The molecule has 1 aliphatic rings. The summed E-state index contributed by atoms with van der Waals surface area (Å²) in [6, 6.07) is 3.80. The lowest BCUT2D eigenvalue weighted by atomic mass is 9.91. The minimum Gasteiger partial charge on any atom is -0.271 e. The van der Waals surface area contributed by atoms with Crippen molar-refractivity contribution in [1.29, 1.82) is 0 Å². The molecule has 0 amide bonds. The van der Waals surface area contributed by atoms with Gasteiger partial charge in [-0.05, 0) is 30.0 Å². The van der Waals surface area contributed by atoms with E-state index in [4.69, 9.17) is 5.84 Å². The summed E-state index contributed by atoms with van der Waals surface area (Å²) in [5, 5.41) is 0. The Morgan fingerprint density at radius 2 is 1.95 bits per heavy atom. The fourth-order valence-corrected chi connectivity index (χ4v) is 3.30. The maximum atomic E-state index is 13.1. The normalized spacial score (nSPS) is 18.4. The van der Waals surface area contributed by atoms with Gasteiger partial charge in [0.2, 0.25) is 0 Å². The minimum atomic E-state index is -4.37. The van der Waals surface area contributed by atoms with E-state index >= 15 is 0 Å². The van der Waals surface area contributed by atoms with Crippen LogP contribution in [0.25, 0.3) is 0 Å². The number of rotatable bonds is 4. The van der Waals surface area contributed by atoms with E-state index in [9.17, 15) is 13.2 Å². The van der Waals surface area contributed by atoms with Gasteiger partial charge in [0.15, 0.2) is 0 Å². The van der Waals surface area contributed by atoms with Gasteiger partial charge in [-0.2, -0.15) is 13.2 Å². The fraction of sp³-hybridized carbons (Fsp3) is 0.571. The Kier molecular flexibility index (Phi) is 5.09. The van der Waals surface area contributed by atoms with Crippen LogP contribution in [-0.4, -0.2) is 0 Å². The molecule has 1 aliphatic carbocycles. The van der Waals surface area contributed by atoms with Crippen LogP contribution in [0, 0.1) is 5.92 Å². The molecule has 1 unspecified atom stereocenters. The molecule has 20 heavy (non-hydrogen) atoms. The summed E-state index contributed by atoms with van der Waals surface area (Å²) >= 11 is 3.10. The molecular formula is C14H18BrF3N2. The molecule has 1 fully saturated rings. The average Bonchev–Trinajstić information content (AvgIpc) is 2.88. The van der Waals surface area contributed by atoms with Crippen molar-refractivity contribution in [3.05, 3.63) is 33.8 Å². The molecular weight excluding hydrogens is 333 g/mol. The van der Waals surface area contributed by atoms with Crippen LogP contribution in [0.4, 0.5) is 13.2 Å². The Morgan fingerprint density at radius 3 is 2.50 bits per heavy atom. The van der Waals surface area contributed by atoms with Crippen molar-refractivity contribution in [3.63, 3.8) is 0 Å². The van der Waals surface area contributed by atoms with Gasteiger partial charge in [-0.3, -0.25) is 11.3 Å². The van der Waals surface area contributed by atoms with Crippen molar-refractivity contribution in [2.75, 3.05) is 0 Å². The summed E-state index contributed by atoms with van der Waals surface area (Å²) in [4.78, 5) is 0. The Balaban J connectivity index is 2.28. The van der Waals surface area contributed by atoms with Gasteiger partial charge in [0.25, 0.3) is 0 Å². The predicted molar refractivity (Wildman–Crippen MR) is 75.8 cm³/mol. The summed E-state index contributed by atoms with van der Waals surface area (Å²) in [7, 11) is 0. The van der Waals surface area contributed by atoms with E-state index in [2.05, 4.69) is 21.4 Å². The SMILES string of the molecule is NNC(CC1CCCC1)c1ccc(Br)cc1C(F)(F)F. The van der Waals surface area contributed by atoms with E-state index in [1.807, 2.05) is 0 Å². The molecule has 0 radical (unpaired) electrons. The predicted octanol–water partition coefficient (Wildman–Crippen LogP) is 4.55. The Hall–Kier alpha value is -0.590. The molecule has 1 aromatic carbocycles. The Bertz CT molecular complexity index is 456. The largest absolute Gasteiger partial charge is 0.416 e. The Labute approximate surface area is 125 Å². The van der Waals surface area contributed by atoms with Gasteiger partial charge < -0.3 is 0 Å². The zero-order valence-electron chi connectivity index (χ0n) is 11.0. The lowest BCUT2D eigenvalue weighted by Crippen LogP contribution is -2.31. The summed E-state index contributed by atoms with van der Waals surface area (Å²) in [6.45, 7) is 0. The monoisotopic (exact) mass is 350 g/mol. The summed E-state index contributed by atoms with van der Waals surface area (Å²) in [5.41, 5.74) is 2.18. The Morgan fingerprint density at radius 1 is 1.30 bits per heavy atom. The first-order chi connectivity index (χ1) is 9.41. The standard InChI is InChI=1S/C14H18BrF3N2/c15-10-5-6-11(12(8-10)14(16,17)18)13(20-19)7-9-3-1-2-4-9/h5-6,8-9,13,20H,1-4,7,19H2. The first kappa shape index (κ1) is 15.8. The molecule has 0 aliphatic heterocycles. The van der Waals surface area contributed by atoms with Crippen LogP contribution in [0.15, 0.2) is 22.7 Å². The third-order valence-electron chi connectivity index (χ3n) is 3.94. The number of nitrogens with one attached hydrogen (secondary N) is 1. The first-order valence-electron chi connectivity index (χ1n) is 6.74. The highest BCUT2D eigenvalue weighted by atomic mass is 79.9. The van der Waals surface area contributed by atoms with Crippen LogP contribution in [0.3, 0.4) is 0 Å². The van der Waals surface area contributed by atoms with Crippen LogP contribution in [0.5, 0.6) is 0 Å². The van der Waals surface area contributed by atoms with E-state index in [1.165, 1.54) is 6.07 Å². The van der Waals surface area contributed by atoms with Crippen molar-refractivity contribution in [1.82, 2.24) is 5.43 Å². The third-order valence-corrected chi connectivity index (χ3v) is 4.43. The first-order valence-corrected chi connectivity index (χ1v) is 7.54. The zero-order chi connectivity index (χ0) is 14.8. The molecule has 1 atom stereocenters. The lowest BCUT2D eigenvalue weighted by molar-refractivity contribution is -0.138. The molecule has 0 aromatic heterocycles. The average molecular weight is 351 g/mol. The zero-order valence-corrected chi connectivity index (χ0v) is 12.6. The van der Waals surface area contributed by atoms with Crippen molar-refractivity contribution < 1.29 is 13.2 Å². The van der Waals surface area contributed by atoms with Gasteiger partial charge >= 0.3 is 6.18 Å². The number of alkyl halides is 3. The van der Waals surface area contributed by atoms with E-state index in [-0.39, 0.29) is 5.56 Å². The highest BCUT2D eigenvalue weighted by Crippen LogP contribution is 2.39. The molecule has 1 aromatic rings. The third kappa shape index (κ3) is 3.74. The van der Waals surface area contributed by atoms with Gasteiger partial charge in [0, 0.05) is 10.5 Å². The number of nitrogens with two attached hydrogens (primary N) is 1. The van der Waals surface area contributed by atoms with Crippen molar-refractivity contribution in [2.45, 2.75) is 44.3 Å². The van der Waals surface area contributed by atoms with E-state index in [0.717, 1.165) is 31.7 Å². The molecule has 0 saturated heterocycles. The summed E-state index contributed by atoms with van der Waals surface area (Å²) in [5.74, 6) is 5.96. The lowest BCUT2D eigenvalue weighted by Gasteiger charge is -2.24. The second-order valence-electron chi connectivity index (χ2n) is 5.33. The number of benzene rings is 1. The molecule has 2 nitrogen and oxygen atoms in total. The molecule has 2 rings (SSSR count). The van der Waals surface area contributed by atoms with Gasteiger partial charge in [0.05, 0.1) is 5.56 Å². The maximum absolute atomic E-state index is 13.1. The van der Waals surface area contributed by atoms with Crippen LogP contribution in [0.1, 0.15) is 49.3 Å². The van der Waals surface area contributed by atoms with Crippen molar-refractivity contribution in [3.8, 4) is 0 Å². The van der Waals surface area contributed by atoms with Crippen LogP contribution in [0.2, 0.25) is 0 Å². The smallest absolute Gasteiger partial charge is 0.271 e. The number of hydrazine groups is 1. The molecule has 3 N–H and O–H groups in total. The van der Waals surface area contributed by atoms with Gasteiger partial charge in [-0.1, -0.05) is 47.7 Å². The second kappa shape index (κ2) is 6.45. The highest BCUT2D eigenvalue weighted by molar-refractivity contribution is 9.10. The van der Waals surface area contributed by atoms with Crippen LogP contribution >= 0.6 is 15.9 Å². The number of halogens is 4. The summed E-state index contributed by atoms with van der Waals surface area (Å²) in [6.07, 6.45) is 0.764. The van der Waals surface area contributed by atoms with Crippen molar-refractivity contribution >= 4 is 15.9 Å². The molecule has 0 spiro atoms. The molecule has 0 bridgehead atoms.